The van der Waals surface area contributed by atoms with Crippen molar-refractivity contribution in [1.29, 1.82) is 0 Å². The van der Waals surface area contributed by atoms with Crippen LogP contribution in [0.4, 0.5) is 0 Å². The summed E-state index contributed by atoms with van der Waals surface area (Å²) in [5.74, 6) is 0.548. The molecule has 0 aliphatic carbocycles. The number of nitrogens with one attached hydrogen (secondary N) is 1. The molecule has 3 heteroatoms. The van der Waals surface area contributed by atoms with Crippen LogP contribution in [0.3, 0.4) is 0 Å². The van der Waals surface area contributed by atoms with Gasteiger partial charge in [0.2, 0.25) is 0 Å². The largest absolute Gasteiger partial charge is 0.316 e. The molecule has 1 nitrogen and oxygen atoms in total. The van der Waals surface area contributed by atoms with Gasteiger partial charge in [0.25, 0.3) is 0 Å². The molecule has 2 aromatic rings. The van der Waals surface area contributed by atoms with E-state index in [4.69, 9.17) is 0 Å². The van der Waals surface area contributed by atoms with Crippen molar-refractivity contribution in [2.45, 2.75) is 32.6 Å². The summed E-state index contributed by atoms with van der Waals surface area (Å²) < 4.78 is 1.15. The summed E-state index contributed by atoms with van der Waals surface area (Å²) in [6.07, 6.45) is 2.26. The molecule has 108 valence electrons. The smallest absolute Gasteiger partial charge is 0.0175 e. The summed E-state index contributed by atoms with van der Waals surface area (Å²) in [4.78, 5) is 2.98. The maximum Gasteiger partial charge on any atom is 0.0175 e. The Morgan fingerprint density at radius 3 is 2.35 bits per heavy atom. The molecule has 1 N–H and O–H groups in total. The fourth-order valence-corrected chi connectivity index (χ4v) is 3.63. The van der Waals surface area contributed by atoms with E-state index in [0.717, 1.165) is 30.4 Å². The summed E-state index contributed by atoms with van der Waals surface area (Å²) in [6.45, 7) is 6.45. The lowest BCUT2D eigenvalue weighted by molar-refractivity contribution is 0.598. The van der Waals surface area contributed by atoms with Crippen LogP contribution in [0.25, 0.3) is 0 Å². The van der Waals surface area contributed by atoms with Crippen LogP contribution in [0.5, 0.6) is 0 Å². The Hall–Kier alpha value is -0.640. The van der Waals surface area contributed by atoms with Gasteiger partial charge in [-0.2, -0.15) is 0 Å². The summed E-state index contributed by atoms with van der Waals surface area (Å²) >= 11 is 5.47. The zero-order valence-electron chi connectivity index (χ0n) is 12.2. The van der Waals surface area contributed by atoms with Crippen LogP contribution in [0, 0.1) is 0 Å². The molecule has 1 atom stereocenters. The number of halogens is 1. The molecule has 0 saturated carbocycles. The van der Waals surface area contributed by atoms with E-state index in [-0.39, 0.29) is 0 Å². The van der Waals surface area contributed by atoms with E-state index in [1.54, 1.807) is 0 Å². The second kappa shape index (κ2) is 7.96. The fourth-order valence-electron chi connectivity index (χ4n) is 2.33. The Kier molecular flexibility index (Phi) is 6.27. The van der Waals surface area contributed by atoms with E-state index in [2.05, 4.69) is 71.5 Å². The predicted octanol–water partition coefficient (Wildman–Crippen LogP) is 5.01. The van der Waals surface area contributed by atoms with Gasteiger partial charge in [0.05, 0.1) is 0 Å². The lowest BCUT2D eigenvalue weighted by Crippen LogP contribution is -2.22. The minimum absolute atomic E-state index is 0.548. The highest BCUT2D eigenvalue weighted by molar-refractivity contribution is 9.10. The molecule has 1 aromatic heterocycles. The van der Waals surface area contributed by atoms with Crippen LogP contribution in [0.2, 0.25) is 0 Å². The second-order valence-electron chi connectivity index (χ2n) is 4.98. The third-order valence-corrected chi connectivity index (χ3v) is 5.28. The first-order valence-electron chi connectivity index (χ1n) is 7.26. The molecule has 0 spiro atoms. The maximum atomic E-state index is 3.51. The van der Waals surface area contributed by atoms with Gasteiger partial charge in [0, 0.05) is 26.7 Å². The number of benzene rings is 1. The van der Waals surface area contributed by atoms with E-state index in [0.29, 0.717) is 5.92 Å². The summed E-state index contributed by atoms with van der Waals surface area (Å²) in [5, 5.41) is 3.50. The molecular weight excluding hydrogens is 330 g/mol. The summed E-state index contributed by atoms with van der Waals surface area (Å²) in [5.41, 5.74) is 1.42. The van der Waals surface area contributed by atoms with Crippen molar-refractivity contribution in [3.63, 3.8) is 0 Å². The van der Waals surface area contributed by atoms with Gasteiger partial charge in [-0.25, -0.2) is 0 Å². The lowest BCUT2D eigenvalue weighted by atomic mass is 9.95. The molecule has 1 unspecified atom stereocenters. The van der Waals surface area contributed by atoms with Crippen molar-refractivity contribution in [3.05, 3.63) is 56.2 Å². The quantitative estimate of drug-likeness (QED) is 0.739. The molecule has 2 rings (SSSR count). The van der Waals surface area contributed by atoms with Gasteiger partial charge in [-0.3, -0.25) is 0 Å². The Morgan fingerprint density at radius 1 is 1.05 bits per heavy atom. The first-order valence-corrected chi connectivity index (χ1v) is 8.87. The first-order chi connectivity index (χ1) is 9.72. The van der Waals surface area contributed by atoms with Crippen molar-refractivity contribution in [1.82, 2.24) is 5.32 Å². The Bertz CT molecular complexity index is 518. The second-order valence-corrected chi connectivity index (χ2v) is 7.15. The molecule has 0 saturated heterocycles. The van der Waals surface area contributed by atoms with Crippen LogP contribution in [0.15, 0.2) is 40.9 Å². The zero-order chi connectivity index (χ0) is 14.4. The molecular formula is C17H22BrNS. The standard InChI is InChI=1S/C17H22BrNS/c1-3-16-9-10-17(20-16)11-14(12-19-4-2)13-5-7-15(18)8-6-13/h5-10,14,19H,3-4,11-12H2,1-2H3. The first kappa shape index (κ1) is 15.7. The zero-order valence-corrected chi connectivity index (χ0v) is 14.6. The van der Waals surface area contributed by atoms with E-state index in [1.807, 2.05) is 11.3 Å². The Morgan fingerprint density at radius 2 is 1.75 bits per heavy atom. The van der Waals surface area contributed by atoms with Crippen LogP contribution >= 0.6 is 27.3 Å². The van der Waals surface area contributed by atoms with Crippen molar-refractivity contribution in [3.8, 4) is 0 Å². The Labute approximate surface area is 134 Å². The number of aryl methyl sites for hydroxylation is 1. The van der Waals surface area contributed by atoms with Gasteiger partial charge < -0.3 is 5.32 Å². The molecule has 1 heterocycles. The average Bonchev–Trinajstić information content (AvgIpc) is 2.92. The maximum absolute atomic E-state index is 3.51. The van der Waals surface area contributed by atoms with Crippen molar-refractivity contribution < 1.29 is 0 Å². The van der Waals surface area contributed by atoms with Crippen LogP contribution in [-0.4, -0.2) is 13.1 Å². The average molecular weight is 352 g/mol. The van der Waals surface area contributed by atoms with Gasteiger partial charge in [0.1, 0.15) is 0 Å². The number of hydrogen-bond acceptors (Lipinski definition) is 2. The highest BCUT2D eigenvalue weighted by Crippen LogP contribution is 2.26. The third kappa shape index (κ3) is 4.44. The summed E-state index contributed by atoms with van der Waals surface area (Å²) in [6, 6.07) is 13.3. The van der Waals surface area contributed by atoms with Crippen molar-refractivity contribution in [2.24, 2.45) is 0 Å². The highest BCUT2D eigenvalue weighted by Gasteiger charge is 2.13. The van der Waals surface area contributed by atoms with Gasteiger partial charge in [-0.1, -0.05) is 41.9 Å². The molecule has 0 aliphatic rings. The molecule has 0 bridgehead atoms. The molecule has 0 aliphatic heterocycles. The summed E-state index contributed by atoms with van der Waals surface area (Å²) in [7, 11) is 0. The lowest BCUT2D eigenvalue weighted by Gasteiger charge is -2.17. The van der Waals surface area contributed by atoms with E-state index in [1.165, 1.54) is 15.3 Å². The van der Waals surface area contributed by atoms with Gasteiger partial charge in [0.15, 0.2) is 0 Å². The van der Waals surface area contributed by atoms with Crippen LogP contribution in [-0.2, 0) is 12.8 Å². The molecule has 1 aromatic carbocycles. The van der Waals surface area contributed by atoms with Crippen molar-refractivity contribution >= 4 is 27.3 Å². The van der Waals surface area contributed by atoms with E-state index >= 15 is 0 Å². The minimum Gasteiger partial charge on any atom is -0.316 e. The van der Waals surface area contributed by atoms with E-state index < -0.39 is 0 Å². The van der Waals surface area contributed by atoms with Gasteiger partial charge in [-0.15, -0.1) is 11.3 Å². The fraction of sp³-hybridized carbons (Fsp3) is 0.412. The van der Waals surface area contributed by atoms with Crippen LogP contribution < -0.4 is 5.32 Å². The van der Waals surface area contributed by atoms with Crippen molar-refractivity contribution in [2.75, 3.05) is 13.1 Å². The SMILES string of the molecule is CCNCC(Cc1ccc(CC)s1)c1ccc(Br)cc1. The van der Waals surface area contributed by atoms with Gasteiger partial charge >= 0.3 is 0 Å². The Balaban J connectivity index is 2.12. The topological polar surface area (TPSA) is 12.0 Å². The number of likely N-dealkylation sites (N-methyl/N-ethyl adjacent to an activating group) is 1. The highest BCUT2D eigenvalue weighted by atomic mass is 79.9. The predicted molar refractivity (Wildman–Crippen MR) is 92.8 cm³/mol. The monoisotopic (exact) mass is 351 g/mol. The van der Waals surface area contributed by atoms with E-state index in [9.17, 15) is 0 Å². The molecule has 0 fully saturated rings. The third-order valence-electron chi connectivity index (χ3n) is 3.50. The molecule has 0 radical (unpaired) electrons. The molecule has 20 heavy (non-hydrogen) atoms. The normalized spacial score (nSPS) is 12.6. The number of hydrogen-bond donors (Lipinski definition) is 1. The van der Waals surface area contributed by atoms with Gasteiger partial charge in [-0.05, 0) is 49.2 Å². The number of rotatable bonds is 7. The minimum atomic E-state index is 0.548. The molecule has 0 amide bonds. The van der Waals surface area contributed by atoms with Crippen LogP contribution in [0.1, 0.15) is 35.1 Å². The number of thiophene rings is 1.